The van der Waals surface area contributed by atoms with Gasteiger partial charge in [0, 0.05) is 5.56 Å². The van der Waals surface area contributed by atoms with Gasteiger partial charge in [0.15, 0.2) is 11.5 Å². The quantitative estimate of drug-likeness (QED) is 0.262. The summed E-state index contributed by atoms with van der Waals surface area (Å²) in [5.74, 6) is -0.605. The van der Waals surface area contributed by atoms with Crippen LogP contribution in [-0.2, 0) is 9.59 Å². The van der Waals surface area contributed by atoms with E-state index in [-0.39, 0.29) is 19.7 Å². The highest BCUT2D eigenvalue weighted by Gasteiger charge is 2.22. The molecule has 142 valence electrons. The highest BCUT2D eigenvalue weighted by atomic mass is 16.7. The summed E-state index contributed by atoms with van der Waals surface area (Å²) in [4.78, 5) is 35.0. The van der Waals surface area contributed by atoms with Gasteiger partial charge in [-0.25, -0.2) is 5.06 Å². The number of hydroxylamine groups is 2. The minimum absolute atomic E-state index is 0.102. The molecule has 0 saturated carbocycles. The third-order valence-corrected chi connectivity index (χ3v) is 3.99. The summed E-state index contributed by atoms with van der Waals surface area (Å²) in [6, 6.07) is 4.68. The van der Waals surface area contributed by atoms with Crippen molar-refractivity contribution in [3.8, 4) is 11.5 Å². The molecule has 1 aromatic carbocycles. The van der Waals surface area contributed by atoms with E-state index in [0.29, 0.717) is 28.5 Å². The Labute approximate surface area is 151 Å². The van der Waals surface area contributed by atoms with Gasteiger partial charge in [0.1, 0.15) is 0 Å². The number of rotatable bonds is 9. The molecule has 1 atom stereocenters. The van der Waals surface area contributed by atoms with Crippen molar-refractivity contribution in [2.24, 2.45) is 5.92 Å². The monoisotopic (exact) mass is 365 g/mol. The Hall–Kier alpha value is -2.81. The lowest BCUT2D eigenvalue weighted by molar-refractivity contribution is -0.154. The molecule has 0 aliphatic carbocycles. The summed E-state index contributed by atoms with van der Waals surface area (Å²) >= 11 is 0. The van der Waals surface area contributed by atoms with Gasteiger partial charge in [-0.05, 0) is 24.6 Å². The summed E-state index contributed by atoms with van der Waals surface area (Å²) < 4.78 is 10.4. The number of benzene rings is 1. The third-order valence-electron chi connectivity index (χ3n) is 3.99. The third kappa shape index (κ3) is 5.35. The number of nitrogens with zero attached hydrogens (tertiary/aromatic N) is 1. The summed E-state index contributed by atoms with van der Waals surface area (Å²) in [6.07, 6.45) is 3.42. The first-order valence-electron chi connectivity index (χ1n) is 8.45. The number of nitrogens with one attached hydrogen (secondary N) is 2. The van der Waals surface area contributed by atoms with E-state index in [0.717, 1.165) is 19.3 Å². The Balaban J connectivity index is 1.90. The van der Waals surface area contributed by atoms with E-state index >= 15 is 0 Å². The molecule has 1 heterocycles. The van der Waals surface area contributed by atoms with Gasteiger partial charge >= 0.3 is 0 Å². The average molecular weight is 365 g/mol. The number of hydrogen-bond donors (Lipinski definition) is 3. The van der Waals surface area contributed by atoms with Crippen molar-refractivity contribution < 1.29 is 29.1 Å². The number of hydrogen-bond acceptors (Lipinski definition) is 6. The van der Waals surface area contributed by atoms with E-state index in [2.05, 4.69) is 10.9 Å². The Morgan fingerprint density at radius 1 is 1.27 bits per heavy atom. The van der Waals surface area contributed by atoms with Crippen molar-refractivity contribution in [3.63, 3.8) is 0 Å². The maximum atomic E-state index is 12.3. The van der Waals surface area contributed by atoms with Crippen LogP contribution in [0.2, 0.25) is 0 Å². The molecule has 3 amide bonds. The second-order valence-electron chi connectivity index (χ2n) is 5.93. The number of carbonyl (C=O) groups excluding carboxylic acids is 3. The molecule has 0 radical (unpaired) electrons. The first-order chi connectivity index (χ1) is 12.5. The molecule has 3 N–H and O–H groups in total. The highest BCUT2D eigenvalue weighted by Crippen LogP contribution is 2.32. The lowest BCUT2D eigenvalue weighted by Gasteiger charge is -2.19. The predicted octanol–water partition coefficient (Wildman–Crippen LogP) is 1.22. The van der Waals surface area contributed by atoms with Gasteiger partial charge in [-0.15, -0.1) is 0 Å². The number of carbonyl (C=O) groups is 3. The Bertz CT molecular complexity index is 651. The van der Waals surface area contributed by atoms with Crippen molar-refractivity contribution >= 4 is 18.2 Å². The summed E-state index contributed by atoms with van der Waals surface area (Å²) in [5.41, 5.74) is 4.97. The van der Waals surface area contributed by atoms with Gasteiger partial charge in [0.2, 0.25) is 19.1 Å². The fraction of sp³-hybridized carbons (Fsp3) is 0.471. The molecular weight excluding hydrogens is 342 g/mol. The molecule has 9 heteroatoms. The molecular formula is C17H23N3O6. The first kappa shape index (κ1) is 19.5. The highest BCUT2D eigenvalue weighted by molar-refractivity contribution is 5.96. The van der Waals surface area contributed by atoms with Crippen molar-refractivity contribution in [2.75, 3.05) is 13.3 Å². The average Bonchev–Trinajstić information content (AvgIpc) is 3.12. The van der Waals surface area contributed by atoms with Crippen molar-refractivity contribution in [3.05, 3.63) is 23.8 Å². The minimum Gasteiger partial charge on any atom is -0.454 e. The molecule has 0 unspecified atom stereocenters. The van der Waals surface area contributed by atoms with Crippen molar-refractivity contribution in [1.82, 2.24) is 15.9 Å². The molecule has 0 saturated heterocycles. The molecule has 1 aliphatic rings. The van der Waals surface area contributed by atoms with E-state index < -0.39 is 17.7 Å². The summed E-state index contributed by atoms with van der Waals surface area (Å²) in [6.45, 7) is 1.99. The van der Waals surface area contributed by atoms with Crippen LogP contribution < -0.4 is 20.3 Å². The molecule has 1 aromatic rings. The topological polar surface area (TPSA) is 117 Å². The zero-order chi connectivity index (χ0) is 18.9. The van der Waals surface area contributed by atoms with E-state index in [1.807, 2.05) is 6.92 Å². The number of unbranched alkanes of at least 4 members (excludes halogenated alkanes) is 2. The van der Waals surface area contributed by atoms with Gasteiger partial charge in [-0.3, -0.25) is 30.4 Å². The molecule has 0 bridgehead atoms. The van der Waals surface area contributed by atoms with Crippen LogP contribution in [0.15, 0.2) is 18.2 Å². The van der Waals surface area contributed by atoms with Gasteiger partial charge < -0.3 is 9.47 Å². The fourth-order valence-corrected chi connectivity index (χ4v) is 2.55. The largest absolute Gasteiger partial charge is 0.454 e. The van der Waals surface area contributed by atoms with Gasteiger partial charge in [0.25, 0.3) is 5.91 Å². The lowest BCUT2D eigenvalue weighted by atomic mass is 10.0. The fourth-order valence-electron chi connectivity index (χ4n) is 2.55. The van der Waals surface area contributed by atoms with Crippen molar-refractivity contribution in [2.45, 2.75) is 32.6 Å². The van der Waals surface area contributed by atoms with Crippen LogP contribution in [0, 0.1) is 5.92 Å². The van der Waals surface area contributed by atoms with Crippen LogP contribution in [0.1, 0.15) is 43.0 Å². The summed E-state index contributed by atoms with van der Waals surface area (Å²) in [7, 11) is 0. The predicted molar refractivity (Wildman–Crippen MR) is 90.4 cm³/mol. The van der Waals surface area contributed by atoms with Gasteiger partial charge in [0.05, 0.1) is 12.5 Å². The zero-order valence-corrected chi connectivity index (χ0v) is 14.6. The maximum absolute atomic E-state index is 12.3. The van der Waals surface area contributed by atoms with E-state index in [9.17, 15) is 19.6 Å². The Morgan fingerprint density at radius 3 is 2.77 bits per heavy atom. The minimum atomic E-state index is -0.631. The Morgan fingerprint density at radius 2 is 2.04 bits per heavy atom. The molecule has 26 heavy (non-hydrogen) atoms. The van der Waals surface area contributed by atoms with Gasteiger partial charge in [-0.2, -0.15) is 0 Å². The number of fused-ring (bicyclic) bond motifs is 1. The normalized spacial score (nSPS) is 13.0. The first-order valence-corrected chi connectivity index (χ1v) is 8.45. The van der Waals surface area contributed by atoms with Crippen LogP contribution in [0.4, 0.5) is 0 Å². The number of hydrazine groups is 1. The Kier molecular flexibility index (Phi) is 7.22. The smallest absolute Gasteiger partial charge is 0.269 e. The van der Waals surface area contributed by atoms with Crippen LogP contribution >= 0.6 is 0 Å². The maximum Gasteiger partial charge on any atom is 0.269 e. The summed E-state index contributed by atoms with van der Waals surface area (Å²) in [5, 5.41) is 9.78. The lowest BCUT2D eigenvalue weighted by Crippen LogP contribution is -2.46. The van der Waals surface area contributed by atoms with Crippen LogP contribution in [0.25, 0.3) is 0 Å². The molecule has 0 aromatic heterocycles. The SMILES string of the molecule is CCCCC[C@@H](CN(O)C=O)C(=O)NNC(=O)c1ccc2c(c1)OCO2. The van der Waals surface area contributed by atoms with Crippen molar-refractivity contribution in [1.29, 1.82) is 0 Å². The number of ether oxygens (including phenoxy) is 2. The van der Waals surface area contributed by atoms with E-state index in [1.165, 1.54) is 6.07 Å². The van der Waals surface area contributed by atoms with Gasteiger partial charge in [-0.1, -0.05) is 26.2 Å². The standard InChI is InChI=1S/C17H23N3O6/c1-2-3-4-5-13(9-20(24)10-21)17(23)19-18-16(22)12-6-7-14-15(8-12)26-11-25-14/h6-8,10,13,24H,2-5,9,11H2,1H3,(H,18,22)(H,19,23)/t13-/m0/s1. The van der Waals surface area contributed by atoms with Crippen LogP contribution in [-0.4, -0.2) is 41.8 Å². The molecule has 2 rings (SSSR count). The molecule has 1 aliphatic heterocycles. The zero-order valence-electron chi connectivity index (χ0n) is 14.6. The molecule has 9 nitrogen and oxygen atoms in total. The van der Waals surface area contributed by atoms with E-state index in [1.54, 1.807) is 12.1 Å². The second kappa shape index (κ2) is 9.62. The second-order valence-corrected chi connectivity index (χ2v) is 5.93. The molecule has 0 spiro atoms. The van der Waals surface area contributed by atoms with Crippen LogP contribution in [0.5, 0.6) is 11.5 Å². The molecule has 0 fully saturated rings. The number of amides is 3. The van der Waals surface area contributed by atoms with E-state index in [4.69, 9.17) is 9.47 Å². The van der Waals surface area contributed by atoms with Crippen LogP contribution in [0.3, 0.4) is 0 Å².